The number of likely N-dealkylation sites (tertiary alicyclic amines) is 1. The van der Waals surface area contributed by atoms with Gasteiger partial charge in [-0.1, -0.05) is 13.3 Å². The zero-order chi connectivity index (χ0) is 14.5. The van der Waals surface area contributed by atoms with E-state index in [2.05, 4.69) is 35.5 Å². The van der Waals surface area contributed by atoms with Crippen LogP contribution in [0, 0.1) is 5.92 Å². The van der Waals surface area contributed by atoms with Crippen LogP contribution in [0.25, 0.3) is 0 Å². The minimum absolute atomic E-state index is 0.345. The van der Waals surface area contributed by atoms with E-state index >= 15 is 0 Å². The Morgan fingerprint density at radius 2 is 1.65 bits per heavy atom. The Kier molecular flexibility index (Phi) is 5.85. The van der Waals surface area contributed by atoms with Gasteiger partial charge in [-0.05, 0) is 32.6 Å². The summed E-state index contributed by atoms with van der Waals surface area (Å²) in [5.41, 5.74) is 0. The van der Waals surface area contributed by atoms with E-state index < -0.39 is 0 Å². The van der Waals surface area contributed by atoms with Gasteiger partial charge in [0, 0.05) is 45.3 Å². The molecule has 0 saturated carbocycles. The minimum Gasteiger partial charge on any atom is -0.342 e. The molecule has 116 valence electrons. The fourth-order valence-corrected chi connectivity index (χ4v) is 3.32. The van der Waals surface area contributed by atoms with Gasteiger partial charge in [-0.25, -0.2) is 0 Å². The summed E-state index contributed by atoms with van der Waals surface area (Å²) >= 11 is 0. The maximum Gasteiger partial charge on any atom is 0.236 e. The number of nitrogens with zero attached hydrogens (tertiary/aromatic N) is 3. The van der Waals surface area contributed by atoms with Crippen molar-refractivity contribution in [1.29, 1.82) is 0 Å². The summed E-state index contributed by atoms with van der Waals surface area (Å²) in [4.78, 5) is 19.3. The molecule has 0 unspecified atom stereocenters. The Balaban J connectivity index is 1.70. The van der Waals surface area contributed by atoms with E-state index in [-0.39, 0.29) is 0 Å². The molecule has 0 atom stereocenters. The van der Waals surface area contributed by atoms with Gasteiger partial charge in [0.25, 0.3) is 0 Å². The van der Waals surface area contributed by atoms with Crippen molar-refractivity contribution in [1.82, 2.24) is 14.7 Å². The van der Waals surface area contributed by atoms with Gasteiger partial charge < -0.3 is 4.90 Å². The predicted molar refractivity (Wildman–Crippen MR) is 82.7 cm³/mol. The van der Waals surface area contributed by atoms with E-state index in [9.17, 15) is 4.79 Å². The van der Waals surface area contributed by atoms with Gasteiger partial charge in [0.15, 0.2) is 0 Å². The molecule has 0 aromatic carbocycles. The lowest BCUT2D eigenvalue weighted by molar-refractivity contribution is -0.134. The molecule has 4 heteroatoms. The molecule has 2 fully saturated rings. The Bertz CT molecular complexity index is 303. The van der Waals surface area contributed by atoms with Gasteiger partial charge in [0.2, 0.25) is 5.91 Å². The van der Waals surface area contributed by atoms with Gasteiger partial charge in [0.05, 0.1) is 6.54 Å². The highest BCUT2D eigenvalue weighted by molar-refractivity contribution is 5.78. The molecule has 4 nitrogen and oxygen atoms in total. The summed E-state index contributed by atoms with van der Waals surface area (Å²) in [6, 6.07) is 0.626. The van der Waals surface area contributed by atoms with Crippen LogP contribution in [0.4, 0.5) is 0 Å². The van der Waals surface area contributed by atoms with Crippen LogP contribution in [0.5, 0.6) is 0 Å². The van der Waals surface area contributed by atoms with Crippen molar-refractivity contribution in [3.8, 4) is 0 Å². The minimum atomic E-state index is 0.345. The fourth-order valence-electron chi connectivity index (χ4n) is 3.32. The largest absolute Gasteiger partial charge is 0.342 e. The molecule has 0 aliphatic carbocycles. The second-order valence-corrected chi connectivity index (χ2v) is 6.64. The van der Waals surface area contributed by atoms with Crippen molar-refractivity contribution in [2.75, 3.05) is 45.8 Å². The van der Waals surface area contributed by atoms with Crippen molar-refractivity contribution in [3.05, 3.63) is 0 Å². The molecular formula is C16H31N3O. The van der Waals surface area contributed by atoms with Crippen LogP contribution in [-0.4, -0.2) is 72.5 Å². The quantitative estimate of drug-likeness (QED) is 0.784. The molecule has 2 rings (SSSR count). The van der Waals surface area contributed by atoms with Gasteiger partial charge in [-0.15, -0.1) is 0 Å². The zero-order valence-electron chi connectivity index (χ0n) is 13.5. The number of hydrogen-bond acceptors (Lipinski definition) is 3. The Hall–Kier alpha value is -0.610. The number of hydrogen-bond donors (Lipinski definition) is 0. The predicted octanol–water partition coefficient (Wildman–Crippen LogP) is 1.66. The van der Waals surface area contributed by atoms with E-state index in [1.54, 1.807) is 0 Å². The molecular weight excluding hydrogens is 250 g/mol. The maximum atomic E-state index is 12.3. The monoisotopic (exact) mass is 281 g/mol. The number of amides is 1. The summed E-state index contributed by atoms with van der Waals surface area (Å²) in [7, 11) is 0. The van der Waals surface area contributed by atoms with E-state index in [4.69, 9.17) is 0 Å². The third-order valence-electron chi connectivity index (χ3n) is 5.04. The third kappa shape index (κ3) is 4.19. The van der Waals surface area contributed by atoms with E-state index in [0.717, 1.165) is 45.2 Å². The number of carbonyl (C=O) groups excluding carboxylic acids is 1. The Morgan fingerprint density at radius 1 is 1.05 bits per heavy atom. The van der Waals surface area contributed by atoms with Crippen molar-refractivity contribution < 1.29 is 4.79 Å². The highest BCUT2D eigenvalue weighted by atomic mass is 16.2. The smallest absolute Gasteiger partial charge is 0.236 e. The van der Waals surface area contributed by atoms with Gasteiger partial charge in [-0.2, -0.15) is 0 Å². The third-order valence-corrected chi connectivity index (χ3v) is 5.04. The summed E-state index contributed by atoms with van der Waals surface area (Å²) in [5, 5.41) is 0. The number of rotatable bonds is 4. The summed E-state index contributed by atoms with van der Waals surface area (Å²) in [6.45, 7) is 13.6. The average molecular weight is 281 g/mol. The standard InChI is InChI=1S/C16H31N3O/c1-4-15-5-7-19(8-6-15)16(20)13-17-9-11-18(12-10-17)14(2)3/h14-15H,4-13H2,1-3H3. The first kappa shape index (κ1) is 15.8. The maximum absolute atomic E-state index is 12.3. The molecule has 20 heavy (non-hydrogen) atoms. The van der Waals surface area contributed by atoms with Gasteiger partial charge in [-0.3, -0.25) is 14.6 Å². The molecule has 1 amide bonds. The average Bonchev–Trinajstić information content (AvgIpc) is 2.48. The van der Waals surface area contributed by atoms with E-state index in [1.165, 1.54) is 19.3 Å². The number of piperazine rings is 1. The molecule has 2 heterocycles. The van der Waals surface area contributed by atoms with E-state index in [0.29, 0.717) is 18.5 Å². The first-order valence-corrected chi connectivity index (χ1v) is 8.34. The van der Waals surface area contributed by atoms with Crippen LogP contribution >= 0.6 is 0 Å². The van der Waals surface area contributed by atoms with Gasteiger partial charge >= 0.3 is 0 Å². The normalized spacial score (nSPS) is 23.5. The highest BCUT2D eigenvalue weighted by Gasteiger charge is 2.25. The SMILES string of the molecule is CCC1CCN(C(=O)CN2CCN(C(C)C)CC2)CC1. The lowest BCUT2D eigenvalue weighted by Gasteiger charge is -2.38. The zero-order valence-corrected chi connectivity index (χ0v) is 13.5. The van der Waals surface area contributed by atoms with Crippen LogP contribution in [0.3, 0.4) is 0 Å². The van der Waals surface area contributed by atoms with Crippen LogP contribution < -0.4 is 0 Å². The Morgan fingerprint density at radius 3 is 2.15 bits per heavy atom. The molecule has 0 aromatic rings. The fraction of sp³-hybridized carbons (Fsp3) is 0.938. The van der Waals surface area contributed by atoms with Crippen LogP contribution in [0.2, 0.25) is 0 Å². The second-order valence-electron chi connectivity index (χ2n) is 6.64. The lowest BCUT2D eigenvalue weighted by atomic mass is 9.94. The number of carbonyl (C=O) groups is 1. The van der Waals surface area contributed by atoms with Crippen molar-refractivity contribution in [2.45, 2.75) is 46.1 Å². The van der Waals surface area contributed by atoms with E-state index in [1.807, 2.05) is 0 Å². The van der Waals surface area contributed by atoms with Crippen LogP contribution in [0.15, 0.2) is 0 Å². The van der Waals surface area contributed by atoms with Crippen molar-refractivity contribution in [3.63, 3.8) is 0 Å². The van der Waals surface area contributed by atoms with Crippen molar-refractivity contribution >= 4 is 5.91 Å². The number of piperidine rings is 1. The van der Waals surface area contributed by atoms with Crippen LogP contribution in [0.1, 0.15) is 40.0 Å². The highest BCUT2D eigenvalue weighted by Crippen LogP contribution is 2.20. The molecule has 0 N–H and O–H groups in total. The molecule has 2 aliphatic rings. The summed E-state index contributed by atoms with van der Waals surface area (Å²) in [5.74, 6) is 1.19. The first-order chi connectivity index (χ1) is 9.60. The second kappa shape index (κ2) is 7.41. The summed E-state index contributed by atoms with van der Waals surface area (Å²) in [6.07, 6.45) is 3.66. The Labute approximate surface area is 124 Å². The van der Waals surface area contributed by atoms with Crippen LogP contribution in [-0.2, 0) is 4.79 Å². The lowest BCUT2D eigenvalue weighted by Crippen LogP contribution is -2.52. The first-order valence-electron chi connectivity index (χ1n) is 8.34. The molecule has 0 aromatic heterocycles. The molecule has 2 saturated heterocycles. The molecule has 0 radical (unpaired) electrons. The van der Waals surface area contributed by atoms with Crippen molar-refractivity contribution in [2.24, 2.45) is 5.92 Å². The molecule has 0 spiro atoms. The topological polar surface area (TPSA) is 26.8 Å². The molecule has 0 bridgehead atoms. The van der Waals surface area contributed by atoms with Gasteiger partial charge in [0.1, 0.15) is 0 Å². The summed E-state index contributed by atoms with van der Waals surface area (Å²) < 4.78 is 0. The molecule has 2 aliphatic heterocycles.